The molecular formula is C58H38N2O. The zero-order chi connectivity index (χ0) is 40.3. The van der Waals surface area contributed by atoms with Gasteiger partial charge in [0, 0.05) is 38.5 Å². The van der Waals surface area contributed by atoms with Crippen molar-refractivity contribution in [2.24, 2.45) is 0 Å². The van der Waals surface area contributed by atoms with Crippen LogP contribution in [0.5, 0.6) is 0 Å². The van der Waals surface area contributed by atoms with Crippen LogP contribution in [-0.2, 0) is 0 Å². The van der Waals surface area contributed by atoms with Gasteiger partial charge in [-0.2, -0.15) is 0 Å². The molecule has 3 nitrogen and oxygen atoms in total. The number of anilines is 3. The molecule has 0 aliphatic heterocycles. The number of nitrogens with zero attached hydrogens (tertiary/aromatic N) is 2. The largest absolute Gasteiger partial charge is 0.454 e. The van der Waals surface area contributed by atoms with Gasteiger partial charge < -0.3 is 13.9 Å². The van der Waals surface area contributed by atoms with E-state index < -0.39 is 0 Å². The first kappa shape index (κ1) is 34.9. The number of fused-ring (bicyclic) bond motifs is 7. The van der Waals surface area contributed by atoms with Crippen molar-refractivity contribution in [2.75, 3.05) is 4.90 Å². The summed E-state index contributed by atoms with van der Waals surface area (Å²) >= 11 is 0. The van der Waals surface area contributed by atoms with Crippen LogP contribution >= 0.6 is 0 Å². The van der Waals surface area contributed by atoms with E-state index in [9.17, 15) is 0 Å². The minimum absolute atomic E-state index is 0.883. The topological polar surface area (TPSA) is 21.3 Å². The summed E-state index contributed by atoms with van der Waals surface area (Å²) in [5.41, 5.74) is 15.4. The number of aromatic nitrogens is 1. The van der Waals surface area contributed by atoms with Crippen molar-refractivity contribution in [1.82, 2.24) is 4.57 Å². The van der Waals surface area contributed by atoms with Crippen molar-refractivity contribution in [1.29, 1.82) is 0 Å². The molecule has 0 radical (unpaired) electrons. The van der Waals surface area contributed by atoms with Crippen LogP contribution in [0.1, 0.15) is 0 Å². The minimum atomic E-state index is 0.883. The van der Waals surface area contributed by atoms with Crippen LogP contribution in [0.2, 0.25) is 0 Å². The van der Waals surface area contributed by atoms with Gasteiger partial charge in [-0.25, -0.2) is 0 Å². The first-order valence-electron chi connectivity index (χ1n) is 20.8. The van der Waals surface area contributed by atoms with Crippen molar-refractivity contribution in [3.63, 3.8) is 0 Å². The van der Waals surface area contributed by atoms with E-state index in [1.807, 2.05) is 6.07 Å². The Hall–Kier alpha value is -8.14. The number of hydrogen-bond acceptors (Lipinski definition) is 2. The number of para-hydroxylation sites is 4. The maximum absolute atomic E-state index is 6.64. The van der Waals surface area contributed by atoms with Crippen LogP contribution < -0.4 is 4.90 Å². The summed E-state index contributed by atoms with van der Waals surface area (Å²) in [5, 5.41) is 7.09. The quantitative estimate of drug-likeness (QED) is 0.161. The molecule has 0 saturated carbocycles. The lowest BCUT2D eigenvalue weighted by Crippen LogP contribution is -2.11. The number of rotatable bonds is 7. The van der Waals surface area contributed by atoms with E-state index in [4.69, 9.17) is 4.42 Å². The highest BCUT2D eigenvalue weighted by Crippen LogP contribution is 2.47. The van der Waals surface area contributed by atoms with Crippen molar-refractivity contribution < 1.29 is 4.42 Å². The molecule has 12 aromatic rings. The predicted molar refractivity (Wildman–Crippen MR) is 257 cm³/mol. The lowest BCUT2D eigenvalue weighted by molar-refractivity contribution is 0.666. The summed E-state index contributed by atoms with van der Waals surface area (Å²) in [4.78, 5) is 2.42. The third-order valence-electron chi connectivity index (χ3n) is 12.2. The number of benzene rings is 10. The second-order valence-electron chi connectivity index (χ2n) is 15.6. The SMILES string of the molecule is c1ccc(-c2ccc(N(c3cccc(-c4cccc5ccccc45)c3)c3ccccc3-c3cccc4c3c3ccccc3n4-c3cccc4c3oc3ccccc34)cc2)cc1. The molecule has 0 spiro atoms. The van der Waals surface area contributed by atoms with Gasteiger partial charge in [-0.05, 0) is 93.2 Å². The monoisotopic (exact) mass is 778 g/mol. The van der Waals surface area contributed by atoms with Gasteiger partial charge >= 0.3 is 0 Å². The van der Waals surface area contributed by atoms with Crippen molar-refractivity contribution in [3.8, 4) is 39.1 Å². The Morgan fingerprint density at radius 3 is 1.87 bits per heavy atom. The molecule has 61 heavy (non-hydrogen) atoms. The Balaban J connectivity index is 1.09. The molecule has 12 rings (SSSR count). The first-order chi connectivity index (χ1) is 30.3. The maximum Gasteiger partial charge on any atom is 0.159 e. The molecule has 0 atom stereocenters. The average Bonchev–Trinajstić information content (AvgIpc) is 3.89. The van der Waals surface area contributed by atoms with E-state index in [1.54, 1.807) is 0 Å². The van der Waals surface area contributed by atoms with E-state index in [0.29, 0.717) is 0 Å². The van der Waals surface area contributed by atoms with E-state index in [0.717, 1.165) is 66.8 Å². The summed E-state index contributed by atoms with van der Waals surface area (Å²) in [6, 6.07) is 82.9. The van der Waals surface area contributed by atoms with Crippen LogP contribution in [0.15, 0.2) is 235 Å². The van der Waals surface area contributed by atoms with Crippen molar-refractivity contribution >= 4 is 71.6 Å². The van der Waals surface area contributed by atoms with Gasteiger partial charge in [-0.15, -0.1) is 0 Å². The molecule has 2 heterocycles. The van der Waals surface area contributed by atoms with Gasteiger partial charge in [-0.3, -0.25) is 0 Å². The van der Waals surface area contributed by atoms with Crippen LogP contribution in [0, 0.1) is 0 Å². The molecule has 0 bridgehead atoms. The smallest absolute Gasteiger partial charge is 0.159 e. The lowest BCUT2D eigenvalue weighted by atomic mass is 9.95. The van der Waals surface area contributed by atoms with Crippen LogP contribution in [0.4, 0.5) is 17.1 Å². The van der Waals surface area contributed by atoms with Crippen molar-refractivity contribution in [2.45, 2.75) is 0 Å². The van der Waals surface area contributed by atoms with Gasteiger partial charge in [0.2, 0.25) is 0 Å². The Bertz CT molecular complexity index is 3590. The van der Waals surface area contributed by atoms with Crippen LogP contribution in [0.25, 0.3) is 93.6 Å². The molecule has 0 saturated heterocycles. The molecule has 0 aliphatic carbocycles. The number of hydrogen-bond donors (Lipinski definition) is 0. The highest BCUT2D eigenvalue weighted by molar-refractivity contribution is 6.18. The third kappa shape index (κ3) is 5.74. The summed E-state index contributed by atoms with van der Waals surface area (Å²) in [6.45, 7) is 0. The molecule has 286 valence electrons. The highest BCUT2D eigenvalue weighted by Gasteiger charge is 2.23. The normalized spacial score (nSPS) is 11.6. The second-order valence-corrected chi connectivity index (χ2v) is 15.6. The Morgan fingerprint density at radius 1 is 0.361 bits per heavy atom. The Labute approximate surface area is 353 Å². The molecule has 10 aromatic carbocycles. The summed E-state index contributed by atoms with van der Waals surface area (Å²) < 4.78 is 9.03. The second kappa shape index (κ2) is 14.3. The summed E-state index contributed by atoms with van der Waals surface area (Å²) in [6.07, 6.45) is 0. The van der Waals surface area contributed by atoms with Crippen molar-refractivity contribution in [3.05, 3.63) is 231 Å². The van der Waals surface area contributed by atoms with E-state index in [-0.39, 0.29) is 0 Å². The highest BCUT2D eigenvalue weighted by atomic mass is 16.3. The van der Waals surface area contributed by atoms with Gasteiger partial charge in [-0.1, -0.05) is 176 Å². The van der Waals surface area contributed by atoms with Gasteiger partial charge in [0.15, 0.2) is 5.58 Å². The minimum Gasteiger partial charge on any atom is -0.454 e. The molecule has 3 heteroatoms. The molecule has 2 aromatic heterocycles. The fourth-order valence-corrected chi connectivity index (χ4v) is 9.46. The molecule has 0 aliphatic rings. The van der Waals surface area contributed by atoms with Crippen LogP contribution in [-0.4, -0.2) is 4.57 Å². The average molecular weight is 779 g/mol. The van der Waals surface area contributed by atoms with E-state index in [2.05, 4.69) is 234 Å². The number of furan rings is 1. The fourth-order valence-electron chi connectivity index (χ4n) is 9.46. The molecule has 0 unspecified atom stereocenters. The third-order valence-corrected chi connectivity index (χ3v) is 12.2. The molecule has 0 fully saturated rings. The first-order valence-corrected chi connectivity index (χ1v) is 20.8. The zero-order valence-corrected chi connectivity index (χ0v) is 33.2. The van der Waals surface area contributed by atoms with Gasteiger partial charge in [0.05, 0.1) is 22.4 Å². The van der Waals surface area contributed by atoms with E-state index >= 15 is 0 Å². The Morgan fingerprint density at radius 2 is 0.967 bits per heavy atom. The predicted octanol–water partition coefficient (Wildman–Crippen LogP) is 16.3. The molecule has 0 amide bonds. The fraction of sp³-hybridized carbons (Fsp3) is 0. The van der Waals surface area contributed by atoms with E-state index in [1.165, 1.54) is 43.8 Å². The summed E-state index contributed by atoms with van der Waals surface area (Å²) in [5.74, 6) is 0. The van der Waals surface area contributed by atoms with Gasteiger partial charge in [0.1, 0.15) is 5.58 Å². The Kier molecular flexibility index (Phi) is 8.17. The van der Waals surface area contributed by atoms with Gasteiger partial charge in [0.25, 0.3) is 0 Å². The molecule has 0 N–H and O–H groups in total. The molecular weight excluding hydrogens is 741 g/mol. The lowest BCUT2D eigenvalue weighted by Gasteiger charge is -2.29. The maximum atomic E-state index is 6.64. The van der Waals surface area contributed by atoms with Crippen LogP contribution in [0.3, 0.4) is 0 Å². The standard InChI is InChI=1S/C58H38N2O/c1-2-16-39(17-3-1)40-34-36-43(37-35-40)59(44-21-12-20-42(38-44)46-26-13-19-41-18-4-5-22-45(41)46)52-29-9-6-23-47(52)49-27-14-31-54-57(49)51-25-7-10-30-53(51)60(54)55-32-15-28-50-48-24-8-11-33-56(48)61-58(50)55/h1-38H. The zero-order valence-electron chi connectivity index (χ0n) is 33.2. The summed E-state index contributed by atoms with van der Waals surface area (Å²) in [7, 11) is 0.